The summed E-state index contributed by atoms with van der Waals surface area (Å²) in [7, 11) is 0. The number of aromatic nitrogens is 4. The Bertz CT molecular complexity index is 1310. The molecule has 9 heteroatoms. The molecule has 5 rings (SSSR count). The number of nitrogens with zero attached hydrogens (tertiary/aromatic N) is 4. The smallest absolute Gasteiger partial charge is 0.324 e. The topological polar surface area (TPSA) is 105 Å². The first-order chi connectivity index (χ1) is 18.5. The van der Waals surface area contributed by atoms with E-state index in [1.165, 1.54) is 0 Å². The molecule has 3 aromatic rings. The van der Waals surface area contributed by atoms with Gasteiger partial charge in [0.05, 0.1) is 19.5 Å². The van der Waals surface area contributed by atoms with E-state index in [0.717, 1.165) is 84.2 Å². The maximum atomic E-state index is 13.1. The number of carbonyl (C=O) groups excluding carboxylic acids is 2. The minimum Gasteiger partial charge on any atom is -0.465 e. The highest BCUT2D eigenvalue weighted by atomic mass is 16.6. The fourth-order valence-corrected chi connectivity index (χ4v) is 5.69. The van der Waals surface area contributed by atoms with Gasteiger partial charge in [0.1, 0.15) is 23.8 Å². The summed E-state index contributed by atoms with van der Waals surface area (Å²) < 4.78 is 18.7. The van der Waals surface area contributed by atoms with E-state index in [-0.39, 0.29) is 32.3 Å². The molecule has 3 heterocycles. The number of hydrogen-bond acceptors (Lipinski definition) is 8. The van der Waals surface area contributed by atoms with E-state index < -0.39 is 17.4 Å². The first-order valence-electron chi connectivity index (χ1n) is 13.8. The lowest BCUT2D eigenvalue weighted by Gasteiger charge is -2.24. The molecule has 0 radical (unpaired) electrons. The van der Waals surface area contributed by atoms with Crippen molar-refractivity contribution in [3.8, 4) is 11.3 Å². The number of ether oxygens (including phenoxy) is 3. The Kier molecular flexibility index (Phi) is 7.74. The highest BCUT2D eigenvalue weighted by Crippen LogP contribution is 2.43. The maximum absolute atomic E-state index is 13.1. The van der Waals surface area contributed by atoms with Crippen LogP contribution in [0.3, 0.4) is 0 Å². The summed E-state index contributed by atoms with van der Waals surface area (Å²) in [5, 5.41) is 0. The lowest BCUT2D eigenvalue weighted by molar-refractivity contribution is -0.171. The molecule has 1 saturated heterocycles. The van der Waals surface area contributed by atoms with Crippen LogP contribution in [0.5, 0.6) is 0 Å². The molecule has 1 unspecified atom stereocenters. The zero-order valence-corrected chi connectivity index (χ0v) is 22.5. The summed E-state index contributed by atoms with van der Waals surface area (Å²) in [5.74, 6) is -1.05. The molecule has 202 valence electrons. The number of benzene rings is 1. The van der Waals surface area contributed by atoms with Crippen molar-refractivity contribution in [1.29, 1.82) is 0 Å². The lowest BCUT2D eigenvalue weighted by atomic mass is 9.84. The molecule has 1 aliphatic heterocycles. The summed E-state index contributed by atoms with van der Waals surface area (Å²) in [5.41, 5.74) is 4.85. The summed E-state index contributed by atoms with van der Waals surface area (Å²) in [6, 6.07) is 4.22. The quantitative estimate of drug-likeness (QED) is 0.294. The van der Waals surface area contributed by atoms with Gasteiger partial charge in [-0.3, -0.25) is 14.2 Å². The van der Waals surface area contributed by atoms with Gasteiger partial charge in [-0.1, -0.05) is 19.4 Å². The number of unbranched alkanes of at least 4 members (excludes halogenated alkanes) is 1. The van der Waals surface area contributed by atoms with E-state index in [9.17, 15) is 9.59 Å². The van der Waals surface area contributed by atoms with Gasteiger partial charge in [-0.15, -0.1) is 0 Å². The van der Waals surface area contributed by atoms with Crippen molar-refractivity contribution in [3.05, 3.63) is 41.5 Å². The lowest BCUT2D eigenvalue weighted by Crippen LogP contribution is -2.43. The molecule has 0 amide bonds. The Balaban J connectivity index is 1.59. The number of carbonyl (C=O) groups is 2. The molecule has 0 spiro atoms. The predicted octanol–water partition coefficient (Wildman–Crippen LogP) is 4.75. The fraction of sp³-hybridized carbons (Fsp3) is 0.552. The van der Waals surface area contributed by atoms with Gasteiger partial charge < -0.3 is 14.2 Å². The average Bonchev–Trinajstić information content (AvgIpc) is 3.54. The average molecular weight is 521 g/mol. The molecule has 38 heavy (non-hydrogen) atoms. The summed E-state index contributed by atoms with van der Waals surface area (Å²) in [4.78, 5) is 40.2. The standard InChI is InChI=1S/C29H36N4O5/c1-4-7-10-19-13-20-15-29(27(34)36-5-2,28(35)37-6-3)16-21(20)14-22(19)24-25-26(31-17-30-24)33(18-32-25)23-11-8-9-12-38-23/h13-14,17-18,23H,4-12,15-16H2,1-3H3. The van der Waals surface area contributed by atoms with E-state index in [4.69, 9.17) is 19.2 Å². The van der Waals surface area contributed by atoms with Gasteiger partial charge in [0, 0.05) is 12.2 Å². The SMILES string of the molecule is CCCCc1cc2c(cc1-c1ncnc3c1ncn3C1CCCCO1)CC(C(=O)OCC)(C(=O)OCC)C2. The van der Waals surface area contributed by atoms with Gasteiger partial charge in [-0.25, -0.2) is 15.0 Å². The van der Waals surface area contributed by atoms with E-state index >= 15 is 0 Å². The normalized spacial score (nSPS) is 18.3. The van der Waals surface area contributed by atoms with Crippen LogP contribution < -0.4 is 0 Å². The van der Waals surface area contributed by atoms with Gasteiger partial charge in [0.2, 0.25) is 0 Å². The van der Waals surface area contributed by atoms with Crippen LogP contribution in [-0.4, -0.2) is 51.3 Å². The number of esters is 2. The van der Waals surface area contributed by atoms with Gasteiger partial charge >= 0.3 is 11.9 Å². The van der Waals surface area contributed by atoms with Crippen molar-refractivity contribution in [3.63, 3.8) is 0 Å². The molecule has 0 N–H and O–H groups in total. The number of aryl methyl sites for hydroxylation is 1. The van der Waals surface area contributed by atoms with Crippen LogP contribution >= 0.6 is 0 Å². The molecule has 1 atom stereocenters. The highest BCUT2D eigenvalue weighted by Gasteiger charge is 2.53. The monoisotopic (exact) mass is 520 g/mol. The molecular weight excluding hydrogens is 484 g/mol. The van der Waals surface area contributed by atoms with E-state index in [1.807, 2.05) is 4.57 Å². The van der Waals surface area contributed by atoms with Crippen molar-refractivity contribution < 1.29 is 23.8 Å². The molecular formula is C29H36N4O5. The Morgan fingerprint density at radius 3 is 2.42 bits per heavy atom. The molecule has 1 aliphatic carbocycles. The predicted molar refractivity (Wildman–Crippen MR) is 141 cm³/mol. The molecule has 1 aromatic carbocycles. The molecule has 9 nitrogen and oxygen atoms in total. The van der Waals surface area contributed by atoms with Crippen LogP contribution in [-0.2, 0) is 43.1 Å². The summed E-state index contributed by atoms with van der Waals surface area (Å²) in [6.45, 7) is 6.80. The third-order valence-corrected chi connectivity index (χ3v) is 7.62. The van der Waals surface area contributed by atoms with Gasteiger partial charge in [0.15, 0.2) is 11.1 Å². The molecule has 1 fully saturated rings. The fourth-order valence-electron chi connectivity index (χ4n) is 5.69. The zero-order chi connectivity index (χ0) is 26.7. The second-order valence-corrected chi connectivity index (χ2v) is 10.1. The van der Waals surface area contributed by atoms with Crippen LogP contribution in [0.2, 0.25) is 0 Å². The first-order valence-corrected chi connectivity index (χ1v) is 13.8. The number of fused-ring (bicyclic) bond motifs is 2. The van der Waals surface area contributed by atoms with Gasteiger partial charge in [0.25, 0.3) is 0 Å². The van der Waals surface area contributed by atoms with Gasteiger partial charge in [-0.2, -0.15) is 0 Å². The Hall–Kier alpha value is -3.33. The zero-order valence-electron chi connectivity index (χ0n) is 22.5. The third kappa shape index (κ3) is 4.68. The highest BCUT2D eigenvalue weighted by molar-refractivity contribution is 6.02. The van der Waals surface area contributed by atoms with Crippen LogP contribution in [0.15, 0.2) is 24.8 Å². The van der Waals surface area contributed by atoms with E-state index in [1.54, 1.807) is 26.5 Å². The molecule has 0 bridgehead atoms. The molecule has 2 aliphatic rings. The second kappa shape index (κ2) is 11.2. The van der Waals surface area contributed by atoms with Crippen molar-refractivity contribution in [2.75, 3.05) is 19.8 Å². The molecule has 2 aromatic heterocycles. The van der Waals surface area contributed by atoms with Crippen LogP contribution in [0, 0.1) is 5.41 Å². The van der Waals surface area contributed by atoms with Crippen LogP contribution in [0.1, 0.15) is 75.8 Å². The third-order valence-electron chi connectivity index (χ3n) is 7.62. The van der Waals surface area contributed by atoms with E-state index in [0.29, 0.717) is 0 Å². The van der Waals surface area contributed by atoms with Gasteiger partial charge in [-0.05, 0) is 81.5 Å². The summed E-state index contributed by atoms with van der Waals surface area (Å²) >= 11 is 0. The first kappa shape index (κ1) is 26.3. The van der Waals surface area contributed by atoms with Crippen molar-refractivity contribution in [1.82, 2.24) is 19.5 Å². The number of rotatable bonds is 9. The Labute approximate surface area is 222 Å². The maximum Gasteiger partial charge on any atom is 0.324 e. The van der Waals surface area contributed by atoms with Crippen molar-refractivity contribution in [2.45, 2.75) is 78.4 Å². The Morgan fingerprint density at radius 1 is 1.03 bits per heavy atom. The van der Waals surface area contributed by atoms with Crippen LogP contribution in [0.25, 0.3) is 22.4 Å². The van der Waals surface area contributed by atoms with Crippen molar-refractivity contribution in [2.24, 2.45) is 5.41 Å². The largest absolute Gasteiger partial charge is 0.465 e. The van der Waals surface area contributed by atoms with Crippen LogP contribution in [0.4, 0.5) is 0 Å². The minimum absolute atomic E-state index is 0.0779. The minimum atomic E-state index is -1.37. The molecule has 0 saturated carbocycles. The van der Waals surface area contributed by atoms with E-state index in [2.05, 4.69) is 29.0 Å². The van der Waals surface area contributed by atoms with Crippen molar-refractivity contribution >= 4 is 23.1 Å². The summed E-state index contributed by atoms with van der Waals surface area (Å²) in [6.07, 6.45) is 9.80. The number of imidazole rings is 1. The Morgan fingerprint density at radius 2 is 1.76 bits per heavy atom. The number of hydrogen-bond donors (Lipinski definition) is 0. The second-order valence-electron chi connectivity index (χ2n) is 10.1.